The molecule has 0 spiro atoms. The quantitative estimate of drug-likeness (QED) is 0.850. The monoisotopic (exact) mass is 304 g/mol. The molecule has 0 amide bonds. The Morgan fingerprint density at radius 2 is 2.36 bits per heavy atom. The molecule has 1 aliphatic heterocycles. The maximum Gasteiger partial charge on any atom is 0.0841 e. The van der Waals surface area contributed by atoms with Gasteiger partial charge in [0.2, 0.25) is 0 Å². The predicted molar refractivity (Wildman–Crippen MR) is 63.0 cm³/mol. The van der Waals surface area contributed by atoms with E-state index in [9.17, 15) is 5.11 Å². The van der Waals surface area contributed by atoms with E-state index in [4.69, 9.17) is 4.74 Å². The van der Waals surface area contributed by atoms with Gasteiger partial charge in [-0.15, -0.1) is 0 Å². The van der Waals surface area contributed by atoms with Gasteiger partial charge < -0.3 is 9.84 Å². The van der Waals surface area contributed by atoms with Crippen molar-refractivity contribution in [3.8, 4) is 0 Å². The number of rotatable bonds is 2. The molecule has 1 aliphatic rings. The molecule has 0 aliphatic carbocycles. The van der Waals surface area contributed by atoms with Crippen LogP contribution in [0, 0.1) is 9.49 Å². The van der Waals surface area contributed by atoms with Gasteiger partial charge in [-0.2, -0.15) is 0 Å². The molecule has 2 nitrogen and oxygen atoms in total. The lowest BCUT2D eigenvalue weighted by molar-refractivity contribution is 0.0917. The van der Waals surface area contributed by atoms with Gasteiger partial charge in [0.1, 0.15) is 0 Å². The number of aliphatic hydroxyl groups excluding tert-OH is 1. The van der Waals surface area contributed by atoms with Crippen LogP contribution in [0.15, 0.2) is 24.3 Å². The highest BCUT2D eigenvalue weighted by Crippen LogP contribution is 2.29. The summed E-state index contributed by atoms with van der Waals surface area (Å²) >= 11 is 2.26. The van der Waals surface area contributed by atoms with Gasteiger partial charge in [0.25, 0.3) is 0 Å². The minimum absolute atomic E-state index is 0.271. The highest BCUT2D eigenvalue weighted by Gasteiger charge is 2.25. The number of hydrogen-bond acceptors (Lipinski definition) is 2. The van der Waals surface area contributed by atoms with Gasteiger partial charge in [-0.1, -0.05) is 12.1 Å². The number of benzene rings is 1. The molecule has 0 aromatic heterocycles. The fourth-order valence-corrected chi connectivity index (χ4v) is 2.33. The Kier molecular flexibility index (Phi) is 3.41. The molecule has 0 bridgehead atoms. The molecule has 2 atom stereocenters. The van der Waals surface area contributed by atoms with Crippen LogP contribution in [0.4, 0.5) is 0 Å². The maximum absolute atomic E-state index is 10.1. The second-order valence-corrected chi connectivity index (χ2v) is 4.87. The van der Waals surface area contributed by atoms with Crippen molar-refractivity contribution in [1.29, 1.82) is 0 Å². The van der Waals surface area contributed by atoms with E-state index in [1.807, 2.05) is 24.3 Å². The molecule has 1 aromatic rings. The molecule has 1 saturated heterocycles. The molecule has 1 N–H and O–H groups in total. The highest BCUT2D eigenvalue weighted by atomic mass is 127. The van der Waals surface area contributed by atoms with E-state index in [0.29, 0.717) is 6.61 Å². The zero-order valence-electron chi connectivity index (χ0n) is 7.82. The summed E-state index contributed by atoms with van der Waals surface area (Å²) in [6.45, 7) is 1.47. The van der Waals surface area contributed by atoms with Gasteiger partial charge in [0.05, 0.1) is 12.7 Å². The lowest BCUT2D eigenvalue weighted by atomic mass is 9.95. The highest BCUT2D eigenvalue weighted by molar-refractivity contribution is 14.1. The van der Waals surface area contributed by atoms with E-state index in [-0.39, 0.29) is 12.0 Å². The Labute approximate surface area is 97.4 Å². The van der Waals surface area contributed by atoms with Gasteiger partial charge in [-0.05, 0) is 46.7 Å². The Morgan fingerprint density at radius 3 is 3.00 bits per heavy atom. The second-order valence-electron chi connectivity index (χ2n) is 3.62. The van der Waals surface area contributed by atoms with E-state index >= 15 is 0 Å². The molecule has 2 rings (SSSR count). The van der Waals surface area contributed by atoms with E-state index < -0.39 is 0 Å². The first kappa shape index (κ1) is 10.4. The lowest BCUT2D eigenvalue weighted by Gasteiger charge is -2.16. The third-order valence-electron chi connectivity index (χ3n) is 2.60. The standard InChI is InChI=1S/C11H13IO2/c12-10-3-1-2-8(6-10)11(13)9-4-5-14-7-9/h1-3,6,9,11,13H,4-5,7H2. The van der Waals surface area contributed by atoms with Crippen LogP contribution < -0.4 is 0 Å². The summed E-state index contributed by atoms with van der Waals surface area (Å²) < 4.78 is 6.43. The topological polar surface area (TPSA) is 29.5 Å². The van der Waals surface area contributed by atoms with Crippen LogP contribution in [-0.4, -0.2) is 18.3 Å². The smallest absolute Gasteiger partial charge is 0.0841 e. The normalized spacial score (nSPS) is 23.7. The zero-order valence-corrected chi connectivity index (χ0v) is 9.98. The van der Waals surface area contributed by atoms with Gasteiger partial charge in [0, 0.05) is 16.1 Å². The van der Waals surface area contributed by atoms with Crippen molar-refractivity contribution in [3.63, 3.8) is 0 Å². The molecule has 0 radical (unpaired) electrons. The van der Waals surface area contributed by atoms with Crippen molar-refractivity contribution in [2.45, 2.75) is 12.5 Å². The van der Waals surface area contributed by atoms with Crippen LogP contribution in [0.25, 0.3) is 0 Å². The van der Waals surface area contributed by atoms with Crippen LogP contribution >= 0.6 is 22.6 Å². The zero-order chi connectivity index (χ0) is 9.97. The van der Waals surface area contributed by atoms with E-state index in [2.05, 4.69) is 22.6 Å². The first-order chi connectivity index (χ1) is 6.77. The van der Waals surface area contributed by atoms with Crippen molar-refractivity contribution < 1.29 is 9.84 Å². The van der Waals surface area contributed by atoms with Crippen molar-refractivity contribution >= 4 is 22.6 Å². The van der Waals surface area contributed by atoms with Gasteiger partial charge in [-0.3, -0.25) is 0 Å². The molecule has 76 valence electrons. The number of halogens is 1. The van der Waals surface area contributed by atoms with Gasteiger partial charge in [0.15, 0.2) is 0 Å². The minimum atomic E-state index is -0.368. The summed E-state index contributed by atoms with van der Waals surface area (Å²) in [7, 11) is 0. The van der Waals surface area contributed by atoms with Crippen molar-refractivity contribution in [2.75, 3.05) is 13.2 Å². The van der Waals surface area contributed by atoms with Crippen LogP contribution in [-0.2, 0) is 4.74 Å². The largest absolute Gasteiger partial charge is 0.388 e. The third kappa shape index (κ3) is 2.27. The average Bonchev–Trinajstić information content (AvgIpc) is 2.69. The van der Waals surface area contributed by atoms with Crippen LogP contribution in [0.3, 0.4) is 0 Å². The van der Waals surface area contributed by atoms with Gasteiger partial charge >= 0.3 is 0 Å². The fraction of sp³-hybridized carbons (Fsp3) is 0.455. The summed E-state index contributed by atoms with van der Waals surface area (Å²) in [6, 6.07) is 8.02. The molecule has 2 unspecified atom stereocenters. The van der Waals surface area contributed by atoms with Crippen molar-refractivity contribution in [1.82, 2.24) is 0 Å². The fourth-order valence-electron chi connectivity index (χ4n) is 1.76. The molecular weight excluding hydrogens is 291 g/mol. The molecule has 14 heavy (non-hydrogen) atoms. The summed E-state index contributed by atoms with van der Waals surface area (Å²) in [4.78, 5) is 0. The first-order valence-corrected chi connectivity index (χ1v) is 5.86. The van der Waals surface area contributed by atoms with Gasteiger partial charge in [-0.25, -0.2) is 0 Å². The minimum Gasteiger partial charge on any atom is -0.388 e. The van der Waals surface area contributed by atoms with Crippen LogP contribution in [0.5, 0.6) is 0 Å². The first-order valence-electron chi connectivity index (χ1n) is 4.78. The van der Waals surface area contributed by atoms with E-state index in [1.165, 1.54) is 0 Å². The average molecular weight is 304 g/mol. The SMILES string of the molecule is OC(c1cccc(I)c1)C1CCOC1. The molecule has 3 heteroatoms. The molecular formula is C11H13IO2. The van der Waals surface area contributed by atoms with Crippen molar-refractivity contribution in [2.24, 2.45) is 5.92 Å². The molecule has 1 heterocycles. The summed E-state index contributed by atoms with van der Waals surface area (Å²) in [5.41, 5.74) is 1.01. The molecule has 1 fully saturated rings. The van der Waals surface area contributed by atoms with Crippen LogP contribution in [0.1, 0.15) is 18.1 Å². The predicted octanol–water partition coefficient (Wildman–Crippen LogP) is 2.36. The summed E-state index contributed by atoms with van der Waals surface area (Å²) in [6.07, 6.45) is 0.597. The number of ether oxygens (including phenoxy) is 1. The number of hydrogen-bond donors (Lipinski definition) is 1. The Hall–Kier alpha value is -0.130. The second kappa shape index (κ2) is 4.59. The number of aliphatic hydroxyl groups is 1. The van der Waals surface area contributed by atoms with E-state index in [1.54, 1.807) is 0 Å². The molecule has 0 saturated carbocycles. The Morgan fingerprint density at radius 1 is 1.50 bits per heavy atom. The lowest BCUT2D eigenvalue weighted by Crippen LogP contribution is -2.12. The van der Waals surface area contributed by atoms with E-state index in [0.717, 1.165) is 22.2 Å². The molecule has 1 aromatic carbocycles. The van der Waals surface area contributed by atoms with Crippen LogP contribution in [0.2, 0.25) is 0 Å². The Bertz CT molecular complexity index is 308. The maximum atomic E-state index is 10.1. The third-order valence-corrected chi connectivity index (χ3v) is 3.27. The Balaban J connectivity index is 2.13. The summed E-state index contributed by atoms with van der Waals surface area (Å²) in [5.74, 6) is 0.271. The van der Waals surface area contributed by atoms with Crippen molar-refractivity contribution in [3.05, 3.63) is 33.4 Å². The summed E-state index contributed by atoms with van der Waals surface area (Å²) in [5, 5.41) is 10.1.